The number of halogens is 1. The van der Waals surface area contributed by atoms with Gasteiger partial charge in [0.25, 0.3) is 0 Å². The molecule has 4 nitrogen and oxygen atoms in total. The second-order valence-electron chi connectivity index (χ2n) is 4.68. The lowest BCUT2D eigenvalue weighted by Crippen LogP contribution is -2.17. The van der Waals surface area contributed by atoms with Crippen LogP contribution in [0.25, 0.3) is 0 Å². The molecule has 0 bridgehead atoms. The lowest BCUT2D eigenvalue weighted by molar-refractivity contribution is 0.0697. The SMILES string of the molecule is COc1ccc(CN(C)c2ccc(C(=O)O)cc2Cl)cc1. The van der Waals surface area contributed by atoms with Gasteiger partial charge in [-0.25, -0.2) is 4.79 Å². The first-order valence-electron chi connectivity index (χ1n) is 6.38. The van der Waals surface area contributed by atoms with Gasteiger partial charge >= 0.3 is 5.97 Å². The molecule has 0 unspecified atom stereocenters. The Morgan fingerprint density at radius 1 is 1.24 bits per heavy atom. The molecule has 0 saturated carbocycles. The minimum absolute atomic E-state index is 0.182. The Morgan fingerprint density at radius 3 is 2.43 bits per heavy atom. The van der Waals surface area contributed by atoms with Gasteiger partial charge in [0.2, 0.25) is 0 Å². The minimum Gasteiger partial charge on any atom is -0.497 e. The van der Waals surface area contributed by atoms with E-state index in [1.165, 1.54) is 6.07 Å². The van der Waals surface area contributed by atoms with Gasteiger partial charge < -0.3 is 14.7 Å². The molecule has 0 heterocycles. The fraction of sp³-hybridized carbons (Fsp3) is 0.188. The van der Waals surface area contributed by atoms with Crippen LogP contribution in [-0.2, 0) is 6.54 Å². The number of anilines is 1. The van der Waals surface area contributed by atoms with Crippen LogP contribution in [0.3, 0.4) is 0 Å². The third kappa shape index (κ3) is 3.67. The highest BCUT2D eigenvalue weighted by atomic mass is 35.5. The molecule has 0 saturated heterocycles. The number of carboxylic acid groups (broad SMARTS) is 1. The summed E-state index contributed by atoms with van der Waals surface area (Å²) in [5.41, 5.74) is 2.08. The van der Waals surface area contributed by atoms with Crippen LogP contribution in [0, 0.1) is 0 Å². The average molecular weight is 306 g/mol. The van der Waals surface area contributed by atoms with Crippen LogP contribution in [0.1, 0.15) is 15.9 Å². The maximum atomic E-state index is 10.9. The second kappa shape index (κ2) is 6.50. The molecular formula is C16H16ClNO3. The molecule has 2 rings (SSSR count). The van der Waals surface area contributed by atoms with Gasteiger partial charge in [0.15, 0.2) is 0 Å². The molecule has 0 aliphatic carbocycles. The molecule has 0 spiro atoms. The zero-order valence-corrected chi connectivity index (χ0v) is 12.6. The van der Waals surface area contributed by atoms with Gasteiger partial charge in [0.05, 0.1) is 23.4 Å². The summed E-state index contributed by atoms with van der Waals surface area (Å²) in [7, 11) is 3.54. The largest absolute Gasteiger partial charge is 0.497 e. The molecule has 0 amide bonds. The predicted molar refractivity (Wildman–Crippen MR) is 83.5 cm³/mol. The highest BCUT2D eigenvalue weighted by Gasteiger charge is 2.10. The summed E-state index contributed by atoms with van der Waals surface area (Å²) in [6, 6.07) is 12.5. The minimum atomic E-state index is -0.985. The van der Waals surface area contributed by atoms with Crippen molar-refractivity contribution in [3.05, 3.63) is 58.6 Å². The van der Waals surface area contributed by atoms with E-state index < -0.39 is 5.97 Å². The third-order valence-corrected chi connectivity index (χ3v) is 3.49. The van der Waals surface area contributed by atoms with Crippen molar-refractivity contribution < 1.29 is 14.6 Å². The number of carboxylic acids is 1. The predicted octanol–water partition coefficient (Wildman–Crippen LogP) is 3.68. The number of aromatic carboxylic acids is 1. The Labute approximate surface area is 128 Å². The molecule has 2 aromatic rings. The Balaban J connectivity index is 2.15. The molecule has 21 heavy (non-hydrogen) atoms. The van der Waals surface area contributed by atoms with Crippen molar-refractivity contribution in [3.8, 4) is 5.75 Å². The topological polar surface area (TPSA) is 49.8 Å². The standard InChI is InChI=1S/C16H16ClNO3/c1-18(10-11-3-6-13(21-2)7-4-11)15-8-5-12(16(19)20)9-14(15)17/h3-9H,10H2,1-2H3,(H,19,20). The van der Waals surface area contributed by atoms with Crippen molar-refractivity contribution in [1.82, 2.24) is 0 Å². The Kier molecular flexibility index (Phi) is 4.70. The molecule has 0 aliphatic heterocycles. The van der Waals surface area contributed by atoms with Gasteiger partial charge in [-0.15, -0.1) is 0 Å². The Bertz CT molecular complexity index is 640. The number of hydrogen-bond acceptors (Lipinski definition) is 3. The van der Waals surface area contributed by atoms with Crippen LogP contribution in [0.5, 0.6) is 5.75 Å². The maximum absolute atomic E-state index is 10.9. The Hall–Kier alpha value is -2.20. The number of methoxy groups -OCH3 is 1. The van der Waals surface area contributed by atoms with Gasteiger partial charge in [-0.3, -0.25) is 0 Å². The van der Waals surface area contributed by atoms with Crippen molar-refractivity contribution in [3.63, 3.8) is 0 Å². The van der Waals surface area contributed by atoms with E-state index in [2.05, 4.69) is 0 Å². The van der Waals surface area contributed by atoms with Crippen molar-refractivity contribution >= 4 is 23.3 Å². The van der Waals surface area contributed by atoms with E-state index in [-0.39, 0.29) is 5.56 Å². The van der Waals surface area contributed by atoms with E-state index in [4.69, 9.17) is 21.4 Å². The summed E-state index contributed by atoms with van der Waals surface area (Å²) in [4.78, 5) is 12.9. The summed E-state index contributed by atoms with van der Waals surface area (Å²) in [6.07, 6.45) is 0. The van der Waals surface area contributed by atoms with Crippen molar-refractivity contribution in [2.45, 2.75) is 6.54 Å². The molecule has 0 radical (unpaired) electrons. The number of rotatable bonds is 5. The van der Waals surface area contributed by atoms with E-state index in [0.29, 0.717) is 11.6 Å². The summed E-state index contributed by atoms with van der Waals surface area (Å²) in [5, 5.41) is 9.36. The summed E-state index contributed by atoms with van der Waals surface area (Å²) in [6.45, 7) is 0.663. The normalized spacial score (nSPS) is 10.2. The molecule has 0 aliphatic rings. The summed E-state index contributed by atoms with van der Waals surface area (Å²) < 4.78 is 5.12. The lowest BCUT2D eigenvalue weighted by atomic mass is 10.1. The quantitative estimate of drug-likeness (QED) is 0.915. The van der Waals surface area contributed by atoms with Gasteiger partial charge in [-0.1, -0.05) is 23.7 Å². The van der Waals surface area contributed by atoms with Crippen molar-refractivity contribution in [2.24, 2.45) is 0 Å². The first-order valence-corrected chi connectivity index (χ1v) is 6.76. The van der Waals surface area contributed by atoms with E-state index in [1.54, 1.807) is 19.2 Å². The van der Waals surface area contributed by atoms with E-state index in [1.807, 2.05) is 36.2 Å². The monoisotopic (exact) mass is 305 g/mol. The second-order valence-corrected chi connectivity index (χ2v) is 5.08. The average Bonchev–Trinajstić information content (AvgIpc) is 2.47. The molecule has 0 aromatic heterocycles. The number of ether oxygens (including phenoxy) is 1. The van der Waals surface area contributed by atoms with Crippen LogP contribution < -0.4 is 9.64 Å². The first kappa shape index (κ1) is 15.2. The smallest absolute Gasteiger partial charge is 0.335 e. The molecule has 110 valence electrons. The van der Waals surface area contributed by atoms with Gasteiger partial charge in [0, 0.05) is 13.6 Å². The fourth-order valence-corrected chi connectivity index (χ4v) is 2.36. The number of carbonyl (C=O) groups is 1. The zero-order valence-electron chi connectivity index (χ0n) is 11.8. The number of nitrogens with zero attached hydrogens (tertiary/aromatic N) is 1. The fourth-order valence-electron chi connectivity index (χ4n) is 2.04. The van der Waals surface area contributed by atoms with Crippen LogP contribution >= 0.6 is 11.6 Å². The highest BCUT2D eigenvalue weighted by Crippen LogP contribution is 2.27. The molecule has 2 aromatic carbocycles. The molecule has 5 heteroatoms. The molecule has 1 N–H and O–H groups in total. The van der Waals surface area contributed by atoms with E-state index in [0.717, 1.165) is 17.0 Å². The van der Waals surface area contributed by atoms with Gasteiger partial charge in [0.1, 0.15) is 5.75 Å². The lowest BCUT2D eigenvalue weighted by Gasteiger charge is -2.21. The maximum Gasteiger partial charge on any atom is 0.335 e. The van der Waals surface area contributed by atoms with Crippen LogP contribution in [0.4, 0.5) is 5.69 Å². The molecular weight excluding hydrogens is 290 g/mol. The van der Waals surface area contributed by atoms with E-state index in [9.17, 15) is 4.79 Å². The Morgan fingerprint density at radius 2 is 1.90 bits per heavy atom. The highest BCUT2D eigenvalue weighted by molar-refractivity contribution is 6.33. The van der Waals surface area contributed by atoms with Crippen molar-refractivity contribution in [2.75, 3.05) is 19.1 Å². The molecule has 0 fully saturated rings. The van der Waals surface area contributed by atoms with Crippen LogP contribution in [0.15, 0.2) is 42.5 Å². The third-order valence-electron chi connectivity index (χ3n) is 3.18. The van der Waals surface area contributed by atoms with Crippen molar-refractivity contribution in [1.29, 1.82) is 0 Å². The van der Waals surface area contributed by atoms with Crippen LogP contribution in [-0.4, -0.2) is 25.2 Å². The number of hydrogen-bond donors (Lipinski definition) is 1. The van der Waals surface area contributed by atoms with Crippen LogP contribution in [0.2, 0.25) is 5.02 Å². The van der Waals surface area contributed by atoms with Gasteiger partial charge in [-0.2, -0.15) is 0 Å². The zero-order chi connectivity index (χ0) is 15.4. The van der Waals surface area contributed by atoms with E-state index >= 15 is 0 Å². The first-order chi connectivity index (χ1) is 10.0. The molecule has 0 atom stereocenters. The summed E-state index contributed by atoms with van der Waals surface area (Å²) in [5.74, 6) is -0.175. The number of benzene rings is 2. The van der Waals surface area contributed by atoms with Gasteiger partial charge in [-0.05, 0) is 35.9 Å². The summed E-state index contributed by atoms with van der Waals surface area (Å²) >= 11 is 6.16.